The molecule has 2 aromatic heterocycles. The molecule has 2 heterocycles. The summed E-state index contributed by atoms with van der Waals surface area (Å²) in [4.78, 5) is 4.40. The lowest BCUT2D eigenvalue weighted by atomic mass is 10.1. The normalized spacial score (nSPS) is 11.1. The molecule has 0 fully saturated rings. The molecule has 6 heteroatoms. The second-order valence-corrected chi connectivity index (χ2v) is 6.14. The van der Waals surface area contributed by atoms with E-state index in [1.165, 1.54) is 0 Å². The number of anilines is 1. The maximum absolute atomic E-state index is 6.23. The monoisotopic (exact) mass is 401 g/mol. The van der Waals surface area contributed by atoms with E-state index in [0.29, 0.717) is 5.02 Å². The second-order valence-electron chi connectivity index (χ2n) is 4.05. The number of nitrogens with zero attached hydrogens (tertiary/aromatic N) is 2. The van der Waals surface area contributed by atoms with Gasteiger partial charge in [0.1, 0.15) is 0 Å². The highest BCUT2D eigenvalue weighted by Gasteiger charge is 2.13. The quantitative estimate of drug-likeness (QED) is 0.496. The van der Waals surface area contributed by atoms with Crippen LogP contribution < -0.4 is 5.73 Å². The van der Waals surface area contributed by atoms with Gasteiger partial charge in [0.25, 0.3) is 0 Å². The smallest absolute Gasteiger partial charge is 0.152 e. The van der Waals surface area contributed by atoms with Gasteiger partial charge in [-0.3, -0.25) is 3.97 Å². The molecule has 0 atom stereocenters. The van der Waals surface area contributed by atoms with Crippen molar-refractivity contribution in [2.24, 2.45) is 0 Å². The summed E-state index contributed by atoms with van der Waals surface area (Å²) in [5, 5.41) is 1.67. The van der Waals surface area contributed by atoms with Gasteiger partial charge in [0.2, 0.25) is 0 Å². The fourth-order valence-corrected chi connectivity index (χ4v) is 3.80. The zero-order valence-electron chi connectivity index (χ0n) is 9.68. The Hall–Kier alpha value is -0.920. The van der Waals surface area contributed by atoms with Gasteiger partial charge in [0.15, 0.2) is 5.65 Å². The molecule has 3 nitrogen and oxygen atoms in total. The Morgan fingerprint density at radius 3 is 2.63 bits per heavy atom. The molecule has 0 spiro atoms. The van der Waals surface area contributed by atoms with Crippen molar-refractivity contribution in [1.82, 2.24) is 8.96 Å². The van der Waals surface area contributed by atoms with Crippen LogP contribution in [0.5, 0.6) is 0 Å². The molecule has 0 saturated carbocycles. The molecule has 19 heavy (non-hydrogen) atoms. The van der Waals surface area contributed by atoms with Gasteiger partial charge in [-0.05, 0) is 29.8 Å². The van der Waals surface area contributed by atoms with Crippen LogP contribution in [0.4, 0.5) is 5.69 Å². The van der Waals surface area contributed by atoms with Crippen LogP contribution in [0.2, 0.25) is 5.02 Å². The van der Waals surface area contributed by atoms with Crippen LogP contribution in [0.3, 0.4) is 0 Å². The number of benzene rings is 1. The van der Waals surface area contributed by atoms with E-state index >= 15 is 0 Å². The van der Waals surface area contributed by atoms with E-state index in [-0.39, 0.29) is 0 Å². The standard InChI is InChI=1S/C13H9ClIN3S/c14-11-5-6-17-13-10(11)7-12(18(13)19-15)8-1-3-9(16)4-2-8/h1-7H,16H2. The Bertz CT molecular complexity index is 739. The molecule has 0 saturated heterocycles. The van der Waals surface area contributed by atoms with Gasteiger partial charge in [-0.2, -0.15) is 0 Å². The Morgan fingerprint density at radius 1 is 1.21 bits per heavy atom. The number of fused-ring (bicyclic) bond motifs is 1. The Morgan fingerprint density at radius 2 is 1.95 bits per heavy atom. The topological polar surface area (TPSA) is 43.8 Å². The first-order chi connectivity index (χ1) is 9.20. The van der Waals surface area contributed by atoms with Crippen molar-refractivity contribution in [3.63, 3.8) is 0 Å². The molecule has 0 amide bonds. The first kappa shape index (κ1) is 13.1. The Labute approximate surface area is 131 Å². The van der Waals surface area contributed by atoms with Gasteiger partial charge in [-0.15, -0.1) is 0 Å². The molecule has 0 unspecified atom stereocenters. The van der Waals surface area contributed by atoms with Crippen LogP contribution in [-0.4, -0.2) is 8.96 Å². The largest absolute Gasteiger partial charge is 0.399 e. The zero-order valence-corrected chi connectivity index (χ0v) is 13.4. The van der Waals surface area contributed by atoms with Crippen molar-refractivity contribution >= 4 is 58.6 Å². The minimum Gasteiger partial charge on any atom is -0.399 e. The van der Waals surface area contributed by atoms with Gasteiger partial charge in [-0.1, -0.05) is 23.7 Å². The Balaban J connectivity index is 2.29. The zero-order chi connectivity index (χ0) is 13.4. The lowest BCUT2D eigenvalue weighted by Gasteiger charge is -2.05. The molecule has 96 valence electrons. The lowest BCUT2D eigenvalue weighted by Crippen LogP contribution is -1.90. The number of rotatable bonds is 2. The average molecular weight is 402 g/mol. The molecule has 2 N–H and O–H groups in total. The fourth-order valence-electron chi connectivity index (χ4n) is 1.97. The number of hydrogen-bond donors (Lipinski definition) is 1. The first-order valence-corrected chi connectivity index (χ1v) is 9.21. The summed E-state index contributed by atoms with van der Waals surface area (Å²) in [5.41, 5.74) is 9.51. The summed E-state index contributed by atoms with van der Waals surface area (Å²) in [7, 11) is 1.57. The molecule has 3 aromatic rings. The summed E-state index contributed by atoms with van der Waals surface area (Å²) < 4.78 is 2.06. The van der Waals surface area contributed by atoms with Gasteiger partial charge in [0.05, 0.1) is 10.7 Å². The van der Waals surface area contributed by atoms with Crippen molar-refractivity contribution in [3.05, 3.63) is 47.6 Å². The van der Waals surface area contributed by atoms with Crippen molar-refractivity contribution in [3.8, 4) is 11.3 Å². The molecule has 0 bridgehead atoms. The van der Waals surface area contributed by atoms with E-state index in [0.717, 1.165) is 28.0 Å². The number of halogens is 2. The molecular formula is C13H9ClIN3S. The average Bonchev–Trinajstić information content (AvgIpc) is 2.79. The van der Waals surface area contributed by atoms with E-state index in [9.17, 15) is 0 Å². The molecule has 3 rings (SSSR count). The summed E-state index contributed by atoms with van der Waals surface area (Å²) in [6, 6.07) is 11.6. The summed E-state index contributed by atoms with van der Waals surface area (Å²) in [5.74, 6) is 0. The minimum atomic E-state index is 0.714. The fraction of sp³-hybridized carbons (Fsp3) is 0. The van der Waals surface area contributed by atoms with E-state index in [1.807, 2.05) is 24.3 Å². The highest BCUT2D eigenvalue weighted by molar-refractivity contribution is 14.2. The number of aromatic nitrogens is 2. The van der Waals surface area contributed by atoms with E-state index in [1.54, 1.807) is 21.4 Å². The summed E-state index contributed by atoms with van der Waals surface area (Å²) >= 11 is 8.47. The molecule has 0 aliphatic rings. The maximum Gasteiger partial charge on any atom is 0.152 e. The van der Waals surface area contributed by atoms with Crippen LogP contribution >= 0.6 is 41.9 Å². The highest BCUT2D eigenvalue weighted by atomic mass is 127. The predicted molar refractivity (Wildman–Crippen MR) is 91.6 cm³/mol. The molecule has 0 aliphatic carbocycles. The highest BCUT2D eigenvalue weighted by Crippen LogP contribution is 2.36. The first-order valence-electron chi connectivity index (χ1n) is 5.51. The molecule has 0 radical (unpaired) electrons. The van der Waals surface area contributed by atoms with Gasteiger partial charge < -0.3 is 5.73 Å². The van der Waals surface area contributed by atoms with Crippen LogP contribution in [0.25, 0.3) is 22.3 Å². The Kier molecular flexibility index (Phi) is 3.60. The van der Waals surface area contributed by atoms with Crippen molar-refractivity contribution in [2.45, 2.75) is 0 Å². The van der Waals surface area contributed by atoms with Crippen LogP contribution in [-0.2, 0) is 0 Å². The van der Waals surface area contributed by atoms with Crippen LogP contribution in [0.1, 0.15) is 0 Å². The third kappa shape index (κ3) is 2.30. The third-order valence-electron chi connectivity index (χ3n) is 2.88. The van der Waals surface area contributed by atoms with Gasteiger partial charge in [-0.25, -0.2) is 4.98 Å². The SMILES string of the molecule is Nc1ccc(-c2cc3c(Cl)ccnc3n2SI)cc1. The minimum absolute atomic E-state index is 0.714. The van der Waals surface area contributed by atoms with Crippen LogP contribution in [0, 0.1) is 0 Å². The van der Waals surface area contributed by atoms with E-state index < -0.39 is 0 Å². The summed E-state index contributed by atoms with van der Waals surface area (Å²) in [6.45, 7) is 0. The van der Waals surface area contributed by atoms with Crippen molar-refractivity contribution in [1.29, 1.82) is 0 Å². The van der Waals surface area contributed by atoms with Crippen molar-refractivity contribution < 1.29 is 0 Å². The second kappa shape index (κ2) is 5.22. The molecule has 1 aromatic carbocycles. The van der Waals surface area contributed by atoms with Crippen LogP contribution in [0.15, 0.2) is 42.6 Å². The number of nitrogens with two attached hydrogens (primary N) is 1. The molecular weight excluding hydrogens is 393 g/mol. The predicted octanol–water partition coefficient (Wildman–Crippen LogP) is 4.79. The van der Waals surface area contributed by atoms with E-state index in [2.05, 4.69) is 36.2 Å². The number of pyridine rings is 1. The number of hydrogen-bond acceptors (Lipinski definition) is 3. The van der Waals surface area contributed by atoms with E-state index in [4.69, 9.17) is 17.3 Å². The van der Waals surface area contributed by atoms with Gasteiger partial charge in [0, 0.05) is 47.6 Å². The van der Waals surface area contributed by atoms with Crippen molar-refractivity contribution in [2.75, 3.05) is 5.73 Å². The molecule has 0 aliphatic heterocycles. The third-order valence-corrected chi connectivity index (χ3v) is 4.90. The summed E-state index contributed by atoms with van der Waals surface area (Å²) in [6.07, 6.45) is 1.72. The number of nitrogen functional groups attached to an aromatic ring is 1. The maximum atomic E-state index is 6.23. The van der Waals surface area contributed by atoms with Gasteiger partial charge >= 0.3 is 0 Å². The lowest BCUT2D eigenvalue weighted by molar-refractivity contribution is 1.27.